The van der Waals surface area contributed by atoms with Gasteiger partial charge in [0.1, 0.15) is 23.5 Å². The molecule has 3 aromatic rings. The van der Waals surface area contributed by atoms with E-state index >= 15 is 0 Å². The molecule has 2 aliphatic heterocycles. The largest absolute Gasteiger partial charge is 0.366 e. The minimum Gasteiger partial charge on any atom is -0.366 e. The van der Waals surface area contributed by atoms with Crippen LogP contribution in [0.4, 0.5) is 16.0 Å². The number of anilines is 2. The van der Waals surface area contributed by atoms with Crippen molar-refractivity contribution >= 4 is 22.7 Å². The molecule has 1 saturated heterocycles. The van der Waals surface area contributed by atoms with E-state index in [1.54, 1.807) is 12.4 Å². The number of fused-ring (bicyclic) bond motifs is 5. The van der Waals surface area contributed by atoms with Gasteiger partial charge in [-0.05, 0) is 62.8 Å². The summed E-state index contributed by atoms with van der Waals surface area (Å²) in [4.78, 5) is 20.5. The molecular weight excluding hydrogens is 355 g/mol. The van der Waals surface area contributed by atoms with E-state index in [2.05, 4.69) is 32.1 Å². The first-order chi connectivity index (χ1) is 13.7. The SMILES string of the molecule is C[C@@H]1CCCc2ncc(F)cc2C2CCCN2c2ccc3ncnc(c3n2)N1. The van der Waals surface area contributed by atoms with E-state index in [-0.39, 0.29) is 17.9 Å². The van der Waals surface area contributed by atoms with Crippen LogP contribution in [0.1, 0.15) is 49.9 Å². The lowest BCUT2D eigenvalue weighted by atomic mass is 9.98. The fourth-order valence-electron chi connectivity index (χ4n) is 4.42. The van der Waals surface area contributed by atoms with Gasteiger partial charge in [-0.25, -0.2) is 19.3 Å². The zero-order valence-electron chi connectivity index (χ0n) is 15.9. The summed E-state index contributed by atoms with van der Waals surface area (Å²) < 4.78 is 14.1. The standard InChI is InChI=1S/C21H23FN6/c1-13-4-2-5-16-15(10-14(22)11-23-16)18-6-3-9-28(18)19-8-7-17-20(27-19)21(26-13)25-12-24-17/h7-8,10-13,18H,2-6,9H2,1H3,(H,24,25,26)/t13-,18?/m1/s1. The Kier molecular flexibility index (Phi) is 4.30. The second-order valence-corrected chi connectivity index (χ2v) is 7.74. The van der Waals surface area contributed by atoms with Crippen molar-refractivity contribution in [2.45, 2.75) is 51.1 Å². The smallest absolute Gasteiger partial charge is 0.156 e. The monoisotopic (exact) mass is 378 g/mol. The van der Waals surface area contributed by atoms with Crippen molar-refractivity contribution in [3.05, 3.63) is 47.8 Å². The third-order valence-electron chi connectivity index (χ3n) is 5.78. The summed E-state index contributed by atoms with van der Waals surface area (Å²) in [5, 5.41) is 3.50. The summed E-state index contributed by atoms with van der Waals surface area (Å²) in [5.74, 6) is 1.39. The van der Waals surface area contributed by atoms with Gasteiger partial charge in [0.2, 0.25) is 0 Å². The predicted octanol–water partition coefficient (Wildman–Crippen LogP) is 4.04. The Hall–Kier alpha value is -2.83. The van der Waals surface area contributed by atoms with Crippen molar-refractivity contribution < 1.29 is 4.39 Å². The van der Waals surface area contributed by atoms with Gasteiger partial charge >= 0.3 is 0 Å². The zero-order chi connectivity index (χ0) is 19.1. The second kappa shape index (κ2) is 6.96. The summed E-state index contributed by atoms with van der Waals surface area (Å²) >= 11 is 0. The molecule has 0 aliphatic carbocycles. The lowest BCUT2D eigenvalue weighted by Gasteiger charge is -2.27. The van der Waals surface area contributed by atoms with Gasteiger partial charge in [-0.2, -0.15) is 0 Å². The number of nitrogens with zero attached hydrogens (tertiary/aromatic N) is 5. The van der Waals surface area contributed by atoms with Crippen LogP contribution in [0, 0.1) is 5.82 Å². The van der Waals surface area contributed by atoms with Crippen molar-refractivity contribution in [1.82, 2.24) is 19.9 Å². The van der Waals surface area contributed by atoms with Crippen LogP contribution >= 0.6 is 0 Å². The maximum Gasteiger partial charge on any atom is 0.156 e. The summed E-state index contributed by atoms with van der Waals surface area (Å²) in [6, 6.07) is 6.01. The molecule has 1 unspecified atom stereocenters. The molecule has 1 N–H and O–H groups in total. The van der Waals surface area contributed by atoms with Crippen LogP contribution < -0.4 is 10.2 Å². The number of hydrogen-bond donors (Lipinski definition) is 1. The second-order valence-electron chi connectivity index (χ2n) is 7.74. The van der Waals surface area contributed by atoms with Crippen molar-refractivity contribution in [2.75, 3.05) is 16.8 Å². The first kappa shape index (κ1) is 17.3. The molecule has 1 fully saturated rings. The summed E-state index contributed by atoms with van der Waals surface area (Å²) in [6.45, 7) is 3.04. The molecule has 0 aromatic carbocycles. The van der Waals surface area contributed by atoms with Crippen LogP contribution in [-0.4, -0.2) is 32.5 Å². The number of rotatable bonds is 0. The third kappa shape index (κ3) is 3.04. The minimum atomic E-state index is -0.271. The molecule has 5 heterocycles. The molecule has 2 atom stereocenters. The summed E-state index contributed by atoms with van der Waals surface area (Å²) in [7, 11) is 0. The van der Waals surface area contributed by atoms with E-state index in [1.165, 1.54) is 6.20 Å². The van der Waals surface area contributed by atoms with Crippen molar-refractivity contribution in [3.8, 4) is 0 Å². The number of pyridine rings is 2. The van der Waals surface area contributed by atoms with Crippen molar-refractivity contribution in [1.29, 1.82) is 0 Å². The van der Waals surface area contributed by atoms with Crippen molar-refractivity contribution in [2.24, 2.45) is 0 Å². The van der Waals surface area contributed by atoms with Gasteiger partial charge in [-0.1, -0.05) is 0 Å². The Morgan fingerprint density at radius 1 is 1.14 bits per heavy atom. The number of nitrogens with one attached hydrogen (secondary N) is 1. The minimum absolute atomic E-state index is 0.0994. The van der Waals surface area contributed by atoms with Gasteiger partial charge < -0.3 is 10.2 Å². The number of aromatic nitrogens is 4. The highest BCUT2D eigenvalue weighted by Crippen LogP contribution is 2.38. The summed E-state index contributed by atoms with van der Waals surface area (Å²) in [6.07, 6.45) is 7.74. The molecule has 2 aliphatic rings. The molecule has 0 amide bonds. The molecule has 0 saturated carbocycles. The fraction of sp³-hybridized carbons (Fsp3) is 0.429. The molecule has 5 rings (SSSR count). The molecule has 144 valence electrons. The van der Waals surface area contributed by atoms with E-state index in [1.807, 2.05) is 12.1 Å². The lowest BCUT2D eigenvalue weighted by Crippen LogP contribution is -2.25. The Labute approximate surface area is 163 Å². The van der Waals surface area contributed by atoms with E-state index in [0.29, 0.717) is 0 Å². The van der Waals surface area contributed by atoms with Gasteiger partial charge in [-0.3, -0.25) is 4.98 Å². The Balaban J connectivity index is 1.67. The quantitative estimate of drug-likeness (QED) is 0.637. The van der Waals surface area contributed by atoms with Gasteiger partial charge in [0, 0.05) is 18.3 Å². The number of hydrogen-bond acceptors (Lipinski definition) is 6. The molecule has 6 nitrogen and oxygen atoms in total. The maximum atomic E-state index is 14.1. The molecule has 2 bridgehead atoms. The molecular formula is C21H23FN6. The highest BCUT2D eigenvalue weighted by molar-refractivity contribution is 5.86. The lowest BCUT2D eigenvalue weighted by molar-refractivity contribution is 0.596. The average Bonchev–Trinajstić information content (AvgIpc) is 3.18. The van der Waals surface area contributed by atoms with Gasteiger partial charge in [0.15, 0.2) is 5.82 Å². The van der Waals surface area contributed by atoms with E-state index in [4.69, 9.17) is 4.98 Å². The molecule has 3 aromatic heterocycles. The first-order valence-corrected chi connectivity index (χ1v) is 9.98. The van der Waals surface area contributed by atoms with E-state index < -0.39 is 0 Å². The van der Waals surface area contributed by atoms with Crippen LogP contribution in [0.3, 0.4) is 0 Å². The normalized spacial score (nSPS) is 22.0. The highest BCUT2D eigenvalue weighted by Gasteiger charge is 2.30. The van der Waals surface area contributed by atoms with E-state index in [0.717, 1.165) is 72.6 Å². The third-order valence-corrected chi connectivity index (χ3v) is 5.78. The maximum absolute atomic E-state index is 14.1. The molecule has 7 heteroatoms. The predicted molar refractivity (Wildman–Crippen MR) is 107 cm³/mol. The van der Waals surface area contributed by atoms with Crippen molar-refractivity contribution in [3.63, 3.8) is 0 Å². The number of aryl methyl sites for hydroxylation is 1. The topological polar surface area (TPSA) is 66.8 Å². The van der Waals surface area contributed by atoms with Crippen LogP contribution in [0.25, 0.3) is 11.0 Å². The number of halogens is 1. The molecule has 0 radical (unpaired) electrons. The Bertz CT molecular complexity index is 1020. The molecule has 0 spiro atoms. The van der Waals surface area contributed by atoms with Gasteiger partial charge in [0.25, 0.3) is 0 Å². The van der Waals surface area contributed by atoms with Crippen LogP contribution in [0.15, 0.2) is 30.7 Å². The fourth-order valence-corrected chi connectivity index (χ4v) is 4.42. The average molecular weight is 378 g/mol. The zero-order valence-corrected chi connectivity index (χ0v) is 15.9. The first-order valence-electron chi connectivity index (χ1n) is 9.98. The summed E-state index contributed by atoms with van der Waals surface area (Å²) in [5.41, 5.74) is 3.62. The Morgan fingerprint density at radius 3 is 3.00 bits per heavy atom. The van der Waals surface area contributed by atoms with Crippen LogP contribution in [-0.2, 0) is 6.42 Å². The van der Waals surface area contributed by atoms with Gasteiger partial charge in [-0.15, -0.1) is 0 Å². The Morgan fingerprint density at radius 2 is 2.07 bits per heavy atom. The van der Waals surface area contributed by atoms with Crippen LogP contribution in [0.5, 0.6) is 0 Å². The van der Waals surface area contributed by atoms with E-state index in [9.17, 15) is 4.39 Å². The van der Waals surface area contributed by atoms with Gasteiger partial charge in [0.05, 0.1) is 17.8 Å². The molecule has 28 heavy (non-hydrogen) atoms. The van der Waals surface area contributed by atoms with Crippen LogP contribution in [0.2, 0.25) is 0 Å². The highest BCUT2D eigenvalue weighted by atomic mass is 19.1.